The van der Waals surface area contributed by atoms with E-state index in [-0.39, 0.29) is 17.7 Å². The number of anilines is 1. The minimum atomic E-state index is 0.0508. The number of rotatable bonds is 1. The largest absolute Gasteiger partial charge is 0.508 e. The van der Waals surface area contributed by atoms with Crippen LogP contribution in [0.2, 0.25) is 0 Å². The fourth-order valence-corrected chi connectivity index (χ4v) is 3.29. The van der Waals surface area contributed by atoms with E-state index in [1.54, 1.807) is 6.07 Å². The number of benzene rings is 1. The molecule has 2 aliphatic rings. The highest BCUT2D eigenvalue weighted by atomic mass is 16.3. The first-order chi connectivity index (χ1) is 9.09. The highest BCUT2D eigenvalue weighted by Gasteiger charge is 2.41. The molecule has 19 heavy (non-hydrogen) atoms. The Morgan fingerprint density at radius 1 is 1.26 bits per heavy atom. The molecule has 2 aliphatic heterocycles. The highest BCUT2D eigenvalue weighted by Crippen LogP contribution is 2.36. The first kappa shape index (κ1) is 12.5. The third kappa shape index (κ3) is 1.91. The zero-order valence-corrected chi connectivity index (χ0v) is 11.5. The van der Waals surface area contributed by atoms with E-state index in [4.69, 9.17) is 0 Å². The molecular weight excluding hydrogens is 240 g/mol. The summed E-state index contributed by atoms with van der Waals surface area (Å²) in [6.45, 7) is 5.53. The molecule has 1 atom stereocenters. The lowest BCUT2D eigenvalue weighted by Gasteiger charge is -2.25. The Balaban J connectivity index is 1.99. The number of hydrogen-bond acceptors (Lipinski definition) is 3. The van der Waals surface area contributed by atoms with Gasteiger partial charge >= 0.3 is 0 Å². The Morgan fingerprint density at radius 2 is 2.05 bits per heavy atom. The van der Waals surface area contributed by atoms with E-state index >= 15 is 0 Å². The van der Waals surface area contributed by atoms with Gasteiger partial charge in [-0.1, -0.05) is 12.5 Å². The van der Waals surface area contributed by atoms with E-state index in [9.17, 15) is 9.90 Å². The second-order valence-electron chi connectivity index (χ2n) is 5.61. The number of nitrogens with zero attached hydrogens (tertiary/aromatic N) is 2. The van der Waals surface area contributed by atoms with Crippen molar-refractivity contribution in [2.45, 2.75) is 39.2 Å². The normalized spacial score (nSPS) is 23.8. The lowest BCUT2D eigenvalue weighted by Crippen LogP contribution is -2.37. The predicted octanol–water partition coefficient (Wildman–Crippen LogP) is 2.17. The van der Waals surface area contributed by atoms with Crippen LogP contribution < -0.4 is 4.90 Å². The summed E-state index contributed by atoms with van der Waals surface area (Å²) in [5.41, 5.74) is 2.73. The second-order valence-corrected chi connectivity index (χ2v) is 5.61. The first-order valence-electron chi connectivity index (χ1n) is 6.94. The van der Waals surface area contributed by atoms with E-state index < -0.39 is 0 Å². The number of piperidine rings is 1. The van der Waals surface area contributed by atoms with Crippen LogP contribution in [-0.2, 0) is 4.79 Å². The minimum Gasteiger partial charge on any atom is -0.508 e. The number of carbonyl (C=O) groups is 1. The summed E-state index contributed by atoms with van der Waals surface area (Å²) in [5.74, 6) is 0.453. The van der Waals surface area contributed by atoms with Crippen molar-refractivity contribution in [2.24, 2.45) is 0 Å². The van der Waals surface area contributed by atoms with Crippen LogP contribution in [0, 0.1) is 13.8 Å². The van der Waals surface area contributed by atoms with Gasteiger partial charge in [0.2, 0.25) is 5.91 Å². The molecule has 1 unspecified atom stereocenters. The fraction of sp³-hybridized carbons (Fsp3) is 0.533. The third-order valence-corrected chi connectivity index (χ3v) is 4.36. The Labute approximate surface area is 113 Å². The van der Waals surface area contributed by atoms with Crippen LogP contribution in [0.1, 0.15) is 30.4 Å². The number of amides is 1. The summed E-state index contributed by atoms with van der Waals surface area (Å²) in [5, 5.41) is 9.88. The smallest absolute Gasteiger partial charge is 0.245 e. The van der Waals surface area contributed by atoms with Crippen LogP contribution in [-0.4, -0.2) is 35.2 Å². The molecule has 0 bridgehead atoms. The van der Waals surface area contributed by atoms with Crippen molar-refractivity contribution in [3.05, 3.63) is 23.3 Å². The summed E-state index contributed by atoms with van der Waals surface area (Å²) < 4.78 is 0. The van der Waals surface area contributed by atoms with Gasteiger partial charge in [0.25, 0.3) is 0 Å². The topological polar surface area (TPSA) is 43.8 Å². The molecule has 0 saturated carbocycles. The van der Waals surface area contributed by atoms with E-state index in [1.165, 1.54) is 6.42 Å². The van der Waals surface area contributed by atoms with Crippen LogP contribution in [0.5, 0.6) is 5.75 Å². The van der Waals surface area contributed by atoms with E-state index in [0.29, 0.717) is 6.67 Å². The maximum absolute atomic E-state index is 12.6. The molecule has 2 fully saturated rings. The van der Waals surface area contributed by atoms with Gasteiger partial charge in [-0.3, -0.25) is 14.6 Å². The SMILES string of the molecule is Cc1ccc(O)c(C)c1N1CN2CCCCC2C1=O. The van der Waals surface area contributed by atoms with Crippen LogP contribution in [0.3, 0.4) is 0 Å². The van der Waals surface area contributed by atoms with Crippen molar-refractivity contribution < 1.29 is 9.90 Å². The van der Waals surface area contributed by atoms with Crippen molar-refractivity contribution in [1.82, 2.24) is 4.90 Å². The molecular formula is C15H20N2O2. The Bertz CT molecular complexity index is 527. The molecule has 1 aromatic carbocycles. The van der Waals surface area contributed by atoms with Gasteiger partial charge in [-0.25, -0.2) is 0 Å². The average molecular weight is 260 g/mol. The molecule has 0 spiro atoms. The first-order valence-corrected chi connectivity index (χ1v) is 6.94. The molecule has 1 N–H and O–H groups in total. The Morgan fingerprint density at radius 3 is 2.79 bits per heavy atom. The molecule has 4 nitrogen and oxygen atoms in total. The second kappa shape index (κ2) is 4.53. The minimum absolute atomic E-state index is 0.0508. The third-order valence-electron chi connectivity index (χ3n) is 4.36. The van der Waals surface area contributed by atoms with Crippen molar-refractivity contribution in [3.8, 4) is 5.75 Å². The zero-order chi connectivity index (χ0) is 13.6. The quantitative estimate of drug-likeness (QED) is 0.841. The number of carbonyl (C=O) groups excluding carboxylic acids is 1. The van der Waals surface area contributed by atoms with Gasteiger partial charge in [0, 0.05) is 12.1 Å². The monoisotopic (exact) mass is 260 g/mol. The van der Waals surface area contributed by atoms with Crippen molar-refractivity contribution >= 4 is 11.6 Å². The van der Waals surface area contributed by atoms with Gasteiger partial charge in [0.05, 0.1) is 18.4 Å². The van der Waals surface area contributed by atoms with E-state index in [2.05, 4.69) is 4.90 Å². The van der Waals surface area contributed by atoms with Crippen LogP contribution in [0.15, 0.2) is 12.1 Å². The molecule has 2 saturated heterocycles. The summed E-state index contributed by atoms with van der Waals surface area (Å²) in [6, 6.07) is 3.62. The van der Waals surface area contributed by atoms with Crippen LogP contribution in [0.4, 0.5) is 5.69 Å². The number of phenols is 1. The lowest BCUT2D eigenvalue weighted by molar-refractivity contribution is -0.120. The molecule has 0 aliphatic carbocycles. The van der Waals surface area contributed by atoms with Gasteiger partial charge in [-0.05, 0) is 38.3 Å². The summed E-state index contributed by atoms with van der Waals surface area (Å²) >= 11 is 0. The standard InChI is InChI=1S/C15H20N2O2/c1-10-6-7-13(18)11(2)14(10)17-9-16-8-4-3-5-12(16)15(17)19/h6-7,12,18H,3-5,8-9H2,1-2H3. The van der Waals surface area contributed by atoms with Gasteiger partial charge in [-0.2, -0.15) is 0 Å². The fourth-order valence-electron chi connectivity index (χ4n) is 3.29. The molecule has 0 radical (unpaired) electrons. The Hall–Kier alpha value is -1.55. The van der Waals surface area contributed by atoms with E-state index in [0.717, 1.165) is 36.2 Å². The molecule has 102 valence electrons. The summed E-state index contributed by atoms with van der Waals surface area (Å²) in [4.78, 5) is 16.7. The average Bonchev–Trinajstić information content (AvgIpc) is 2.73. The number of hydrogen-bond donors (Lipinski definition) is 1. The molecule has 0 aromatic heterocycles. The number of aryl methyl sites for hydroxylation is 1. The predicted molar refractivity (Wildman–Crippen MR) is 74.3 cm³/mol. The molecule has 4 heteroatoms. The molecule has 3 rings (SSSR count). The number of aromatic hydroxyl groups is 1. The van der Waals surface area contributed by atoms with Crippen LogP contribution >= 0.6 is 0 Å². The summed E-state index contributed by atoms with van der Waals surface area (Å²) in [6.07, 6.45) is 3.28. The van der Waals surface area contributed by atoms with Crippen molar-refractivity contribution in [3.63, 3.8) is 0 Å². The van der Waals surface area contributed by atoms with Gasteiger partial charge in [-0.15, -0.1) is 0 Å². The number of fused-ring (bicyclic) bond motifs is 1. The highest BCUT2D eigenvalue weighted by molar-refractivity contribution is 6.00. The molecule has 1 amide bonds. The van der Waals surface area contributed by atoms with Crippen molar-refractivity contribution in [1.29, 1.82) is 0 Å². The van der Waals surface area contributed by atoms with Gasteiger partial charge in [0.15, 0.2) is 0 Å². The maximum Gasteiger partial charge on any atom is 0.245 e. The van der Waals surface area contributed by atoms with Gasteiger partial charge in [0.1, 0.15) is 5.75 Å². The van der Waals surface area contributed by atoms with E-state index in [1.807, 2.05) is 24.8 Å². The summed E-state index contributed by atoms with van der Waals surface area (Å²) in [7, 11) is 0. The molecule has 2 heterocycles. The van der Waals surface area contributed by atoms with Gasteiger partial charge < -0.3 is 5.11 Å². The Kier molecular flexibility index (Phi) is 2.97. The number of phenolic OH excluding ortho intramolecular Hbond substituents is 1. The zero-order valence-electron chi connectivity index (χ0n) is 11.5. The lowest BCUT2D eigenvalue weighted by atomic mass is 10.0. The van der Waals surface area contributed by atoms with Crippen LogP contribution in [0.25, 0.3) is 0 Å². The maximum atomic E-state index is 12.6. The van der Waals surface area contributed by atoms with Crippen molar-refractivity contribution in [2.75, 3.05) is 18.1 Å². The molecule has 1 aromatic rings.